The normalized spacial score (nSPS) is 10.6. The van der Waals surface area contributed by atoms with E-state index in [1.165, 1.54) is 5.56 Å². The zero-order valence-electron chi connectivity index (χ0n) is 14.3. The summed E-state index contributed by atoms with van der Waals surface area (Å²) < 4.78 is 10.6. The Morgan fingerprint density at radius 3 is 2.40 bits per heavy atom. The number of aromatic nitrogens is 1. The molecule has 0 saturated carbocycles. The van der Waals surface area contributed by atoms with Gasteiger partial charge in [0.2, 0.25) is 0 Å². The van der Waals surface area contributed by atoms with E-state index in [0.717, 1.165) is 24.8 Å². The molecule has 0 radical (unpaired) electrons. The lowest BCUT2D eigenvalue weighted by Crippen LogP contribution is -2.08. The number of hydrogen-bond donors (Lipinski definition) is 0. The van der Waals surface area contributed by atoms with Crippen molar-refractivity contribution in [2.45, 2.75) is 26.2 Å². The minimum absolute atomic E-state index is 0.377. The summed E-state index contributed by atoms with van der Waals surface area (Å²) in [6, 6.07) is 19.8. The third-order valence-electron chi connectivity index (χ3n) is 4.05. The molecule has 0 spiro atoms. The molecule has 0 amide bonds. The Labute approximate surface area is 147 Å². The fraction of sp³-hybridized carbons (Fsp3) is 0.238. The van der Waals surface area contributed by atoms with Crippen molar-refractivity contribution < 1.29 is 14.1 Å². The van der Waals surface area contributed by atoms with Crippen molar-refractivity contribution >= 4 is 5.97 Å². The van der Waals surface area contributed by atoms with Crippen molar-refractivity contribution in [3.63, 3.8) is 0 Å². The van der Waals surface area contributed by atoms with Gasteiger partial charge in [0.05, 0.1) is 6.61 Å². The van der Waals surface area contributed by atoms with Gasteiger partial charge in [-0.1, -0.05) is 65.8 Å². The molecule has 0 atom stereocenters. The van der Waals surface area contributed by atoms with Crippen LogP contribution in [0.1, 0.15) is 34.5 Å². The summed E-state index contributed by atoms with van der Waals surface area (Å²) in [5.41, 5.74) is 3.09. The molecule has 128 valence electrons. The van der Waals surface area contributed by atoms with Crippen LogP contribution in [0.2, 0.25) is 0 Å². The maximum atomic E-state index is 12.4. The molecule has 0 unspecified atom stereocenters. The minimum atomic E-state index is -0.377. The number of hydrogen-bond acceptors (Lipinski definition) is 4. The zero-order chi connectivity index (χ0) is 17.5. The lowest BCUT2D eigenvalue weighted by Gasteiger charge is -2.06. The molecule has 0 bridgehead atoms. The SMILES string of the molecule is Cc1onc(-c2ccccc2)c1C(=O)OCCCCc1ccccc1. The summed E-state index contributed by atoms with van der Waals surface area (Å²) in [5.74, 6) is 0.102. The molecule has 0 N–H and O–H groups in total. The third-order valence-corrected chi connectivity index (χ3v) is 4.05. The summed E-state index contributed by atoms with van der Waals surface area (Å²) >= 11 is 0. The Morgan fingerprint density at radius 1 is 1.00 bits per heavy atom. The number of aryl methyl sites for hydroxylation is 2. The number of ether oxygens (including phenoxy) is 1. The molecule has 0 saturated heterocycles. The number of carbonyl (C=O) groups is 1. The Balaban J connectivity index is 1.54. The van der Waals surface area contributed by atoms with E-state index in [9.17, 15) is 4.79 Å². The highest BCUT2D eigenvalue weighted by Gasteiger charge is 2.22. The molecule has 4 nitrogen and oxygen atoms in total. The predicted molar refractivity (Wildman–Crippen MR) is 96.3 cm³/mol. The van der Waals surface area contributed by atoms with Crippen LogP contribution in [-0.2, 0) is 11.2 Å². The first-order valence-electron chi connectivity index (χ1n) is 8.48. The van der Waals surface area contributed by atoms with Crippen LogP contribution in [0.25, 0.3) is 11.3 Å². The molecule has 0 aliphatic heterocycles. The van der Waals surface area contributed by atoms with Gasteiger partial charge in [-0.15, -0.1) is 0 Å². The van der Waals surface area contributed by atoms with Crippen LogP contribution >= 0.6 is 0 Å². The first-order chi connectivity index (χ1) is 12.3. The average molecular weight is 335 g/mol. The second kappa shape index (κ2) is 8.29. The molecule has 1 heterocycles. The van der Waals surface area contributed by atoms with Crippen LogP contribution in [0, 0.1) is 6.92 Å². The van der Waals surface area contributed by atoms with Gasteiger partial charge in [-0.3, -0.25) is 0 Å². The van der Waals surface area contributed by atoms with Gasteiger partial charge in [-0.2, -0.15) is 0 Å². The van der Waals surface area contributed by atoms with Crippen LogP contribution in [0.15, 0.2) is 65.2 Å². The van der Waals surface area contributed by atoms with Crippen LogP contribution in [0.3, 0.4) is 0 Å². The van der Waals surface area contributed by atoms with Crippen LogP contribution < -0.4 is 0 Å². The Hall–Kier alpha value is -2.88. The van der Waals surface area contributed by atoms with Gasteiger partial charge in [0.25, 0.3) is 0 Å². The lowest BCUT2D eigenvalue weighted by atomic mass is 10.1. The van der Waals surface area contributed by atoms with Gasteiger partial charge < -0.3 is 9.26 Å². The molecule has 3 aromatic rings. The van der Waals surface area contributed by atoms with Crippen molar-refractivity contribution in [3.05, 3.63) is 77.6 Å². The zero-order valence-corrected chi connectivity index (χ0v) is 14.3. The molecule has 2 aromatic carbocycles. The quantitative estimate of drug-likeness (QED) is 0.458. The topological polar surface area (TPSA) is 52.3 Å². The van der Waals surface area contributed by atoms with Crippen molar-refractivity contribution in [3.8, 4) is 11.3 Å². The van der Waals surface area contributed by atoms with E-state index < -0.39 is 0 Å². The van der Waals surface area contributed by atoms with Crippen LogP contribution in [-0.4, -0.2) is 17.7 Å². The first-order valence-corrected chi connectivity index (χ1v) is 8.48. The van der Waals surface area contributed by atoms with Crippen LogP contribution in [0.5, 0.6) is 0 Å². The first kappa shape index (κ1) is 17.0. The van der Waals surface area contributed by atoms with E-state index in [1.807, 2.05) is 48.5 Å². The second-order valence-electron chi connectivity index (χ2n) is 5.91. The molecular formula is C21H21NO3. The Kier molecular flexibility index (Phi) is 5.62. The number of nitrogens with zero attached hydrogens (tertiary/aromatic N) is 1. The van der Waals surface area contributed by atoms with Crippen molar-refractivity contribution in [1.82, 2.24) is 5.16 Å². The van der Waals surface area contributed by atoms with E-state index in [4.69, 9.17) is 9.26 Å². The van der Waals surface area contributed by atoms with Gasteiger partial charge in [0, 0.05) is 5.56 Å². The van der Waals surface area contributed by atoms with E-state index in [2.05, 4.69) is 17.3 Å². The highest BCUT2D eigenvalue weighted by atomic mass is 16.5. The largest absolute Gasteiger partial charge is 0.462 e. The number of rotatable bonds is 7. The smallest absolute Gasteiger partial charge is 0.344 e. The number of esters is 1. The minimum Gasteiger partial charge on any atom is -0.462 e. The number of unbranched alkanes of at least 4 members (excludes halogenated alkanes) is 1. The highest BCUT2D eigenvalue weighted by molar-refractivity contribution is 5.97. The second-order valence-corrected chi connectivity index (χ2v) is 5.91. The lowest BCUT2D eigenvalue weighted by molar-refractivity contribution is 0.0497. The van der Waals surface area contributed by atoms with Gasteiger partial charge in [-0.05, 0) is 31.7 Å². The molecule has 1 aromatic heterocycles. The van der Waals surface area contributed by atoms with Gasteiger partial charge >= 0.3 is 5.97 Å². The van der Waals surface area contributed by atoms with Gasteiger partial charge in [0.15, 0.2) is 0 Å². The summed E-state index contributed by atoms with van der Waals surface area (Å²) in [6.45, 7) is 2.12. The maximum absolute atomic E-state index is 12.4. The Morgan fingerprint density at radius 2 is 1.68 bits per heavy atom. The predicted octanol–water partition coefficient (Wildman–Crippen LogP) is 4.83. The molecule has 0 aliphatic carbocycles. The molecular weight excluding hydrogens is 314 g/mol. The molecule has 3 rings (SSSR count). The summed E-state index contributed by atoms with van der Waals surface area (Å²) in [4.78, 5) is 12.4. The van der Waals surface area contributed by atoms with E-state index in [0.29, 0.717) is 23.6 Å². The maximum Gasteiger partial charge on any atom is 0.344 e. The number of benzene rings is 2. The van der Waals surface area contributed by atoms with E-state index >= 15 is 0 Å². The average Bonchev–Trinajstić information content (AvgIpc) is 3.04. The van der Waals surface area contributed by atoms with Crippen LogP contribution in [0.4, 0.5) is 0 Å². The van der Waals surface area contributed by atoms with Crippen molar-refractivity contribution in [2.75, 3.05) is 6.61 Å². The molecule has 25 heavy (non-hydrogen) atoms. The fourth-order valence-electron chi connectivity index (χ4n) is 2.72. The summed E-state index contributed by atoms with van der Waals surface area (Å²) in [5, 5.41) is 4.02. The molecule has 0 aliphatic rings. The van der Waals surface area contributed by atoms with E-state index in [1.54, 1.807) is 6.92 Å². The van der Waals surface area contributed by atoms with Crippen molar-refractivity contribution in [2.24, 2.45) is 0 Å². The Bertz CT molecular complexity index is 810. The third kappa shape index (κ3) is 4.35. The standard InChI is InChI=1S/C21H21NO3/c1-16-19(20(22-25-16)18-13-6-3-7-14-18)21(23)24-15-9-8-12-17-10-4-2-5-11-17/h2-7,10-11,13-14H,8-9,12,15H2,1H3. The summed E-state index contributed by atoms with van der Waals surface area (Å²) in [7, 11) is 0. The fourth-order valence-corrected chi connectivity index (χ4v) is 2.72. The monoisotopic (exact) mass is 335 g/mol. The molecule has 4 heteroatoms. The van der Waals surface area contributed by atoms with E-state index in [-0.39, 0.29) is 5.97 Å². The number of carbonyl (C=O) groups excluding carboxylic acids is 1. The summed E-state index contributed by atoms with van der Waals surface area (Å²) in [6.07, 6.45) is 2.79. The molecule has 0 fully saturated rings. The highest BCUT2D eigenvalue weighted by Crippen LogP contribution is 2.25. The van der Waals surface area contributed by atoms with Gasteiger partial charge in [-0.25, -0.2) is 4.79 Å². The van der Waals surface area contributed by atoms with Gasteiger partial charge in [0.1, 0.15) is 17.0 Å². The van der Waals surface area contributed by atoms with Crippen molar-refractivity contribution in [1.29, 1.82) is 0 Å².